The van der Waals surface area contributed by atoms with Gasteiger partial charge in [0.05, 0.1) is 6.54 Å². The number of amides is 2. The molecule has 2 amide bonds. The lowest BCUT2D eigenvalue weighted by atomic mass is 10.0. The summed E-state index contributed by atoms with van der Waals surface area (Å²) >= 11 is 0. The highest BCUT2D eigenvalue weighted by Gasteiger charge is 2.16. The highest BCUT2D eigenvalue weighted by Crippen LogP contribution is 2.28. The molecule has 120 valence electrons. The summed E-state index contributed by atoms with van der Waals surface area (Å²) in [4.78, 5) is 23.3. The van der Waals surface area contributed by atoms with Gasteiger partial charge in [-0.15, -0.1) is 0 Å². The largest absolute Gasteiger partial charge is 0.347 e. The van der Waals surface area contributed by atoms with E-state index >= 15 is 0 Å². The van der Waals surface area contributed by atoms with Crippen molar-refractivity contribution in [3.05, 3.63) is 29.8 Å². The summed E-state index contributed by atoms with van der Waals surface area (Å²) in [7, 11) is 0. The second-order valence-electron chi connectivity index (χ2n) is 5.64. The normalized spacial score (nSPS) is 14.8. The second kappa shape index (κ2) is 7.87. The Kier molecular flexibility index (Phi) is 5.86. The summed E-state index contributed by atoms with van der Waals surface area (Å²) in [6.45, 7) is -0.178. The molecule has 22 heavy (non-hydrogen) atoms. The first kappa shape index (κ1) is 16.4. The van der Waals surface area contributed by atoms with E-state index in [9.17, 15) is 18.4 Å². The van der Waals surface area contributed by atoms with Crippen LogP contribution in [-0.2, 0) is 9.59 Å². The average molecular weight is 310 g/mol. The van der Waals surface area contributed by atoms with Gasteiger partial charge in [-0.1, -0.05) is 25.7 Å². The number of nitrogens with one attached hydrogen (secondary N) is 2. The maximum atomic E-state index is 13.0. The van der Waals surface area contributed by atoms with Crippen molar-refractivity contribution in [1.82, 2.24) is 5.32 Å². The Morgan fingerprint density at radius 2 is 1.82 bits per heavy atom. The molecule has 2 rings (SSSR count). The summed E-state index contributed by atoms with van der Waals surface area (Å²) < 4.78 is 25.8. The molecule has 1 aliphatic carbocycles. The lowest BCUT2D eigenvalue weighted by Gasteiger charge is -2.09. The van der Waals surface area contributed by atoms with Crippen molar-refractivity contribution >= 4 is 17.5 Å². The van der Waals surface area contributed by atoms with Gasteiger partial charge in [-0.05, 0) is 24.5 Å². The fourth-order valence-electron chi connectivity index (χ4n) is 2.68. The van der Waals surface area contributed by atoms with Crippen LogP contribution in [0.4, 0.5) is 14.5 Å². The molecule has 1 aliphatic rings. The Bertz CT molecular complexity index is 543. The maximum absolute atomic E-state index is 13.0. The van der Waals surface area contributed by atoms with Gasteiger partial charge in [0.15, 0.2) is 11.6 Å². The zero-order chi connectivity index (χ0) is 15.9. The van der Waals surface area contributed by atoms with Crippen LogP contribution in [0.25, 0.3) is 0 Å². The lowest BCUT2D eigenvalue weighted by Crippen LogP contribution is -2.32. The summed E-state index contributed by atoms with van der Waals surface area (Å²) in [6.07, 6.45) is 6.12. The number of benzene rings is 1. The third-order valence-electron chi connectivity index (χ3n) is 3.90. The molecule has 1 fully saturated rings. The van der Waals surface area contributed by atoms with Gasteiger partial charge >= 0.3 is 0 Å². The SMILES string of the molecule is O=C(CCC1CCCC1)NCC(=O)Nc1ccc(F)c(F)c1. The van der Waals surface area contributed by atoms with Crippen molar-refractivity contribution < 1.29 is 18.4 Å². The van der Waals surface area contributed by atoms with Crippen LogP contribution in [-0.4, -0.2) is 18.4 Å². The van der Waals surface area contributed by atoms with E-state index in [1.54, 1.807) is 0 Å². The molecule has 0 radical (unpaired) electrons. The molecule has 1 saturated carbocycles. The summed E-state index contributed by atoms with van der Waals surface area (Å²) in [5.41, 5.74) is 0.157. The summed E-state index contributed by atoms with van der Waals surface area (Å²) in [5.74, 6) is -2.01. The van der Waals surface area contributed by atoms with E-state index in [0.29, 0.717) is 12.3 Å². The average Bonchev–Trinajstić information content (AvgIpc) is 3.00. The first-order valence-electron chi connectivity index (χ1n) is 7.56. The first-order chi connectivity index (χ1) is 10.5. The van der Waals surface area contributed by atoms with Crippen molar-refractivity contribution in [2.75, 3.05) is 11.9 Å². The molecule has 6 heteroatoms. The minimum Gasteiger partial charge on any atom is -0.347 e. The molecule has 0 spiro atoms. The van der Waals surface area contributed by atoms with E-state index in [1.165, 1.54) is 31.7 Å². The topological polar surface area (TPSA) is 58.2 Å². The molecular formula is C16H20F2N2O2. The predicted octanol–water partition coefficient (Wildman–Crippen LogP) is 2.99. The Balaban J connectivity index is 1.68. The fraction of sp³-hybridized carbons (Fsp3) is 0.500. The van der Waals surface area contributed by atoms with Gasteiger partial charge in [0.1, 0.15) is 0 Å². The number of carbonyl (C=O) groups is 2. The van der Waals surface area contributed by atoms with Gasteiger partial charge < -0.3 is 10.6 Å². The highest BCUT2D eigenvalue weighted by atomic mass is 19.2. The van der Waals surface area contributed by atoms with Crippen LogP contribution in [0, 0.1) is 17.6 Å². The number of carbonyl (C=O) groups excluding carboxylic acids is 2. The molecule has 0 unspecified atom stereocenters. The standard InChI is InChI=1S/C16H20F2N2O2/c17-13-7-6-12(9-14(13)18)20-16(22)10-19-15(21)8-5-11-3-1-2-4-11/h6-7,9,11H,1-5,8,10H2,(H,19,21)(H,20,22). The van der Waals surface area contributed by atoms with Gasteiger partial charge in [0.25, 0.3) is 0 Å². The molecule has 0 aliphatic heterocycles. The Labute approximate surface area is 128 Å². The molecule has 0 saturated heterocycles. The molecule has 1 aromatic rings. The van der Waals surface area contributed by atoms with Gasteiger partial charge in [0, 0.05) is 18.2 Å². The molecule has 0 heterocycles. The summed E-state index contributed by atoms with van der Waals surface area (Å²) in [6, 6.07) is 3.10. The van der Waals surface area contributed by atoms with Crippen LogP contribution in [0.1, 0.15) is 38.5 Å². The van der Waals surface area contributed by atoms with E-state index in [1.807, 2.05) is 0 Å². The van der Waals surface area contributed by atoms with Crippen molar-refractivity contribution in [3.63, 3.8) is 0 Å². The molecule has 0 aromatic heterocycles. The summed E-state index contributed by atoms with van der Waals surface area (Å²) in [5, 5.41) is 4.94. The maximum Gasteiger partial charge on any atom is 0.243 e. The third-order valence-corrected chi connectivity index (χ3v) is 3.90. The third kappa shape index (κ3) is 5.09. The highest BCUT2D eigenvalue weighted by molar-refractivity contribution is 5.94. The first-order valence-corrected chi connectivity index (χ1v) is 7.56. The lowest BCUT2D eigenvalue weighted by molar-refractivity contribution is -0.124. The zero-order valence-corrected chi connectivity index (χ0v) is 12.3. The van der Waals surface area contributed by atoms with Crippen LogP contribution in [0.2, 0.25) is 0 Å². The smallest absolute Gasteiger partial charge is 0.243 e. The predicted molar refractivity (Wildman–Crippen MR) is 79.2 cm³/mol. The molecule has 1 aromatic carbocycles. The molecule has 0 atom stereocenters. The van der Waals surface area contributed by atoms with Gasteiger partial charge in [0.2, 0.25) is 11.8 Å². The van der Waals surface area contributed by atoms with Gasteiger partial charge in [-0.3, -0.25) is 9.59 Å². The van der Waals surface area contributed by atoms with E-state index < -0.39 is 17.5 Å². The monoisotopic (exact) mass is 310 g/mol. The van der Waals surface area contributed by atoms with Crippen molar-refractivity contribution in [2.45, 2.75) is 38.5 Å². The van der Waals surface area contributed by atoms with Crippen molar-refractivity contribution in [3.8, 4) is 0 Å². The minimum absolute atomic E-state index is 0.157. The Morgan fingerprint density at radius 3 is 2.50 bits per heavy atom. The minimum atomic E-state index is -1.03. The number of anilines is 1. The zero-order valence-electron chi connectivity index (χ0n) is 12.3. The van der Waals surface area contributed by atoms with Crippen molar-refractivity contribution in [2.24, 2.45) is 5.92 Å². The molecular weight excluding hydrogens is 290 g/mol. The van der Waals surface area contributed by atoms with E-state index in [4.69, 9.17) is 0 Å². The molecule has 2 N–H and O–H groups in total. The number of halogens is 2. The van der Waals surface area contributed by atoms with Crippen LogP contribution < -0.4 is 10.6 Å². The van der Waals surface area contributed by atoms with Crippen LogP contribution in [0.15, 0.2) is 18.2 Å². The number of hydrogen-bond donors (Lipinski definition) is 2. The fourth-order valence-corrected chi connectivity index (χ4v) is 2.68. The quantitative estimate of drug-likeness (QED) is 0.848. The Morgan fingerprint density at radius 1 is 1.09 bits per heavy atom. The van der Waals surface area contributed by atoms with E-state index in [2.05, 4.69) is 10.6 Å². The van der Waals surface area contributed by atoms with Crippen molar-refractivity contribution in [1.29, 1.82) is 0 Å². The Hall–Kier alpha value is -1.98. The van der Waals surface area contributed by atoms with Crippen LogP contribution in [0.3, 0.4) is 0 Å². The van der Waals surface area contributed by atoms with Gasteiger partial charge in [-0.25, -0.2) is 8.78 Å². The molecule has 0 bridgehead atoms. The molecule has 4 nitrogen and oxygen atoms in total. The van der Waals surface area contributed by atoms with E-state index in [-0.39, 0.29) is 18.1 Å². The number of hydrogen-bond acceptors (Lipinski definition) is 2. The van der Waals surface area contributed by atoms with Crippen LogP contribution >= 0.6 is 0 Å². The van der Waals surface area contributed by atoms with Crippen LogP contribution in [0.5, 0.6) is 0 Å². The second-order valence-corrected chi connectivity index (χ2v) is 5.64. The number of rotatable bonds is 6. The van der Waals surface area contributed by atoms with Gasteiger partial charge in [-0.2, -0.15) is 0 Å². The van der Waals surface area contributed by atoms with E-state index in [0.717, 1.165) is 18.6 Å².